The van der Waals surface area contributed by atoms with Crippen molar-refractivity contribution in [2.24, 2.45) is 0 Å². The lowest BCUT2D eigenvalue weighted by atomic mass is 10.1. The molecular formula is C17H16F3NO2. The fourth-order valence-electron chi connectivity index (χ4n) is 2.05. The summed E-state index contributed by atoms with van der Waals surface area (Å²) in [5.74, 6) is 0.0570. The lowest BCUT2D eigenvalue weighted by Crippen LogP contribution is -2.23. The van der Waals surface area contributed by atoms with Gasteiger partial charge in [0.2, 0.25) is 5.91 Å². The SMILES string of the molecule is CNC(=O)CC(Oc1ccc(C(F)(F)F)cc1)c1ccccc1. The Morgan fingerprint density at radius 2 is 1.70 bits per heavy atom. The number of nitrogens with one attached hydrogen (secondary N) is 1. The summed E-state index contributed by atoms with van der Waals surface area (Å²) in [5, 5.41) is 2.51. The van der Waals surface area contributed by atoms with Crippen molar-refractivity contribution in [1.82, 2.24) is 5.32 Å². The Bertz CT molecular complexity index is 639. The Morgan fingerprint density at radius 1 is 1.09 bits per heavy atom. The Kier molecular flexibility index (Phi) is 5.26. The Labute approximate surface area is 132 Å². The molecule has 0 radical (unpaired) electrons. The van der Waals surface area contributed by atoms with E-state index in [1.54, 1.807) is 12.1 Å². The number of halogens is 3. The fraction of sp³-hybridized carbons (Fsp3) is 0.235. The molecular weight excluding hydrogens is 307 g/mol. The van der Waals surface area contributed by atoms with Crippen LogP contribution in [0.5, 0.6) is 5.75 Å². The molecule has 1 N–H and O–H groups in total. The summed E-state index contributed by atoms with van der Waals surface area (Å²) >= 11 is 0. The van der Waals surface area contributed by atoms with E-state index in [0.717, 1.165) is 17.7 Å². The van der Waals surface area contributed by atoms with Gasteiger partial charge in [0.05, 0.1) is 12.0 Å². The van der Waals surface area contributed by atoms with Crippen LogP contribution in [0.15, 0.2) is 54.6 Å². The second-order valence-electron chi connectivity index (χ2n) is 4.92. The average Bonchev–Trinajstić information content (AvgIpc) is 2.54. The van der Waals surface area contributed by atoms with Gasteiger partial charge in [-0.25, -0.2) is 0 Å². The molecule has 2 aromatic carbocycles. The topological polar surface area (TPSA) is 38.3 Å². The van der Waals surface area contributed by atoms with E-state index in [1.165, 1.54) is 19.2 Å². The molecule has 122 valence electrons. The fourth-order valence-corrected chi connectivity index (χ4v) is 2.05. The molecule has 2 aromatic rings. The minimum atomic E-state index is -4.39. The zero-order valence-corrected chi connectivity index (χ0v) is 12.4. The Hall–Kier alpha value is -2.50. The van der Waals surface area contributed by atoms with E-state index in [4.69, 9.17) is 4.74 Å². The molecule has 1 atom stereocenters. The van der Waals surface area contributed by atoms with Crippen LogP contribution < -0.4 is 10.1 Å². The van der Waals surface area contributed by atoms with Gasteiger partial charge in [0.1, 0.15) is 11.9 Å². The highest BCUT2D eigenvalue weighted by Gasteiger charge is 2.30. The van der Waals surface area contributed by atoms with E-state index >= 15 is 0 Å². The molecule has 0 aliphatic heterocycles. The van der Waals surface area contributed by atoms with Crippen molar-refractivity contribution in [3.8, 4) is 5.75 Å². The molecule has 0 saturated heterocycles. The number of ether oxygens (including phenoxy) is 1. The number of hydrogen-bond donors (Lipinski definition) is 1. The average molecular weight is 323 g/mol. The van der Waals surface area contributed by atoms with E-state index < -0.39 is 17.8 Å². The van der Waals surface area contributed by atoms with Crippen LogP contribution in [-0.4, -0.2) is 13.0 Å². The molecule has 1 unspecified atom stereocenters. The van der Waals surface area contributed by atoms with Gasteiger partial charge in [-0.15, -0.1) is 0 Å². The summed E-state index contributed by atoms with van der Waals surface area (Å²) in [5.41, 5.74) is 0.0309. The van der Waals surface area contributed by atoms with Gasteiger partial charge >= 0.3 is 6.18 Å². The molecule has 23 heavy (non-hydrogen) atoms. The van der Waals surface area contributed by atoms with Crippen LogP contribution >= 0.6 is 0 Å². The predicted octanol–water partition coefficient (Wildman–Crippen LogP) is 3.96. The van der Waals surface area contributed by atoms with Crippen molar-refractivity contribution in [2.45, 2.75) is 18.7 Å². The zero-order valence-electron chi connectivity index (χ0n) is 12.4. The second kappa shape index (κ2) is 7.17. The number of carbonyl (C=O) groups excluding carboxylic acids is 1. The maximum atomic E-state index is 12.6. The summed E-state index contributed by atoms with van der Waals surface area (Å²) < 4.78 is 43.4. The maximum Gasteiger partial charge on any atom is 0.416 e. The number of amides is 1. The van der Waals surface area contributed by atoms with Gasteiger partial charge in [-0.2, -0.15) is 13.2 Å². The van der Waals surface area contributed by atoms with Gasteiger partial charge in [0.15, 0.2) is 0 Å². The van der Waals surface area contributed by atoms with E-state index in [-0.39, 0.29) is 18.1 Å². The van der Waals surface area contributed by atoms with Crippen LogP contribution in [0.1, 0.15) is 23.7 Å². The molecule has 3 nitrogen and oxygen atoms in total. The van der Waals surface area contributed by atoms with Crippen LogP contribution in [0.4, 0.5) is 13.2 Å². The molecule has 2 rings (SSSR count). The summed E-state index contributed by atoms with van der Waals surface area (Å²) in [6, 6.07) is 13.5. The van der Waals surface area contributed by atoms with Crippen LogP contribution in [0.25, 0.3) is 0 Å². The van der Waals surface area contributed by atoms with Crippen molar-refractivity contribution >= 4 is 5.91 Å². The summed E-state index contributed by atoms with van der Waals surface area (Å²) in [6.07, 6.45) is -4.89. The number of rotatable bonds is 5. The largest absolute Gasteiger partial charge is 0.485 e. The Morgan fingerprint density at radius 3 is 2.22 bits per heavy atom. The van der Waals surface area contributed by atoms with Gasteiger partial charge in [0.25, 0.3) is 0 Å². The minimum Gasteiger partial charge on any atom is -0.485 e. The Balaban J connectivity index is 2.19. The van der Waals surface area contributed by atoms with Crippen LogP contribution in [0.2, 0.25) is 0 Å². The van der Waals surface area contributed by atoms with Gasteiger partial charge in [0, 0.05) is 7.05 Å². The number of hydrogen-bond acceptors (Lipinski definition) is 2. The van der Waals surface area contributed by atoms with Crippen LogP contribution in [-0.2, 0) is 11.0 Å². The first-order chi connectivity index (χ1) is 10.9. The van der Waals surface area contributed by atoms with Gasteiger partial charge in [-0.05, 0) is 29.8 Å². The van der Waals surface area contributed by atoms with Crippen molar-refractivity contribution in [3.05, 3.63) is 65.7 Å². The number of alkyl halides is 3. The molecule has 0 aliphatic rings. The highest BCUT2D eigenvalue weighted by atomic mass is 19.4. The van der Waals surface area contributed by atoms with Crippen LogP contribution in [0, 0.1) is 0 Å². The molecule has 0 saturated carbocycles. The standard InChI is InChI=1S/C17H16F3NO2/c1-21-16(22)11-15(12-5-3-2-4-6-12)23-14-9-7-13(8-10-14)17(18,19)20/h2-10,15H,11H2,1H3,(H,21,22). The van der Waals surface area contributed by atoms with Crippen molar-refractivity contribution in [2.75, 3.05) is 7.05 Å². The normalized spacial score (nSPS) is 12.5. The summed E-state index contributed by atoms with van der Waals surface area (Å²) in [7, 11) is 1.52. The molecule has 0 spiro atoms. The molecule has 0 heterocycles. The zero-order chi connectivity index (χ0) is 16.9. The number of benzene rings is 2. The van der Waals surface area contributed by atoms with E-state index in [9.17, 15) is 18.0 Å². The highest BCUT2D eigenvalue weighted by molar-refractivity contribution is 5.76. The van der Waals surface area contributed by atoms with E-state index in [0.29, 0.717) is 0 Å². The number of carbonyl (C=O) groups is 1. The molecule has 1 amide bonds. The molecule has 0 aromatic heterocycles. The van der Waals surface area contributed by atoms with E-state index in [1.807, 2.05) is 18.2 Å². The lowest BCUT2D eigenvalue weighted by molar-refractivity contribution is -0.137. The summed E-state index contributed by atoms with van der Waals surface area (Å²) in [4.78, 5) is 11.6. The van der Waals surface area contributed by atoms with Gasteiger partial charge in [-0.1, -0.05) is 30.3 Å². The monoisotopic (exact) mass is 323 g/mol. The van der Waals surface area contributed by atoms with Crippen molar-refractivity contribution in [1.29, 1.82) is 0 Å². The molecule has 0 bridgehead atoms. The van der Waals surface area contributed by atoms with Gasteiger partial charge < -0.3 is 10.1 Å². The smallest absolute Gasteiger partial charge is 0.416 e. The van der Waals surface area contributed by atoms with E-state index in [2.05, 4.69) is 5.32 Å². The first-order valence-corrected chi connectivity index (χ1v) is 6.99. The molecule has 0 fully saturated rings. The third kappa shape index (κ3) is 4.74. The summed E-state index contributed by atoms with van der Waals surface area (Å²) in [6.45, 7) is 0. The highest BCUT2D eigenvalue weighted by Crippen LogP contribution is 2.31. The third-order valence-corrected chi connectivity index (χ3v) is 3.28. The minimum absolute atomic E-state index is 0.0710. The van der Waals surface area contributed by atoms with Gasteiger partial charge in [-0.3, -0.25) is 4.79 Å². The van der Waals surface area contributed by atoms with Crippen molar-refractivity contribution in [3.63, 3.8) is 0 Å². The first-order valence-electron chi connectivity index (χ1n) is 6.99. The molecule has 0 aliphatic carbocycles. The second-order valence-corrected chi connectivity index (χ2v) is 4.92. The van der Waals surface area contributed by atoms with Crippen molar-refractivity contribution < 1.29 is 22.7 Å². The molecule has 6 heteroatoms. The quantitative estimate of drug-likeness (QED) is 0.904. The maximum absolute atomic E-state index is 12.6. The first kappa shape index (κ1) is 16.9. The third-order valence-electron chi connectivity index (χ3n) is 3.28. The van der Waals surface area contributed by atoms with Crippen LogP contribution in [0.3, 0.4) is 0 Å². The lowest BCUT2D eigenvalue weighted by Gasteiger charge is -2.19. The predicted molar refractivity (Wildman–Crippen MR) is 79.9 cm³/mol.